The number of carboxylic acids is 1. The van der Waals surface area contributed by atoms with Crippen LogP contribution in [-0.2, 0) is 0 Å². The molecule has 0 saturated heterocycles. The number of hydrogen-bond acceptors (Lipinski definition) is 4. The number of aldehydes is 1. The van der Waals surface area contributed by atoms with Gasteiger partial charge in [0.25, 0.3) is 0 Å². The largest absolute Gasteiger partial charge is 0.507 e. The number of hydrogen-bond donors (Lipinski definition) is 3. The molecule has 0 radical (unpaired) electrons. The number of phenols is 2. The molecular formula is C8H6O5. The van der Waals surface area contributed by atoms with Gasteiger partial charge < -0.3 is 15.3 Å². The van der Waals surface area contributed by atoms with Crippen LogP contribution < -0.4 is 0 Å². The molecule has 3 N–H and O–H groups in total. The van der Waals surface area contributed by atoms with Crippen molar-refractivity contribution >= 4 is 12.3 Å². The van der Waals surface area contributed by atoms with Gasteiger partial charge in [-0.3, -0.25) is 4.79 Å². The van der Waals surface area contributed by atoms with Gasteiger partial charge in [-0.2, -0.15) is 0 Å². The molecule has 0 aromatic heterocycles. The minimum atomic E-state index is -1.37. The molecule has 0 aliphatic rings. The number of benzene rings is 1. The molecule has 1 rings (SSSR count). The smallest absolute Gasteiger partial charge is 0.339 e. The Kier molecular flexibility index (Phi) is 2.19. The fraction of sp³-hybridized carbons (Fsp3) is 0. The van der Waals surface area contributed by atoms with Crippen LogP contribution in [0.2, 0.25) is 0 Å². The van der Waals surface area contributed by atoms with Crippen LogP contribution in [0, 0.1) is 0 Å². The van der Waals surface area contributed by atoms with E-state index in [1.165, 1.54) is 0 Å². The molecule has 5 nitrogen and oxygen atoms in total. The lowest BCUT2D eigenvalue weighted by atomic mass is 10.1. The van der Waals surface area contributed by atoms with Gasteiger partial charge in [0, 0.05) is 0 Å². The molecular weight excluding hydrogens is 176 g/mol. The van der Waals surface area contributed by atoms with Gasteiger partial charge in [-0.25, -0.2) is 4.79 Å². The SMILES string of the molecule is O=Cc1cc(O)c(C(=O)O)cc1O. The van der Waals surface area contributed by atoms with E-state index in [1.54, 1.807) is 0 Å². The van der Waals surface area contributed by atoms with Gasteiger partial charge in [0.15, 0.2) is 6.29 Å². The third-order valence-corrected chi connectivity index (χ3v) is 1.50. The third kappa shape index (κ3) is 1.58. The number of rotatable bonds is 2. The Morgan fingerprint density at radius 2 is 1.85 bits per heavy atom. The van der Waals surface area contributed by atoms with Crippen molar-refractivity contribution < 1.29 is 24.9 Å². The summed E-state index contributed by atoms with van der Waals surface area (Å²) in [6.07, 6.45) is 0.320. The zero-order chi connectivity index (χ0) is 10.0. The average Bonchev–Trinajstić information content (AvgIpc) is 2.07. The molecule has 13 heavy (non-hydrogen) atoms. The summed E-state index contributed by atoms with van der Waals surface area (Å²) in [6.45, 7) is 0. The highest BCUT2D eigenvalue weighted by Crippen LogP contribution is 2.25. The quantitative estimate of drug-likeness (QED) is 0.460. The number of carbonyl (C=O) groups excluding carboxylic acids is 1. The summed E-state index contributed by atoms with van der Waals surface area (Å²) in [5.41, 5.74) is -0.592. The second-order valence-electron chi connectivity index (χ2n) is 2.35. The van der Waals surface area contributed by atoms with E-state index in [2.05, 4.69) is 0 Å². The van der Waals surface area contributed by atoms with E-state index in [0.29, 0.717) is 6.29 Å². The Labute approximate surface area is 72.9 Å². The summed E-state index contributed by atoms with van der Waals surface area (Å²) in [4.78, 5) is 20.7. The van der Waals surface area contributed by atoms with E-state index in [-0.39, 0.29) is 5.56 Å². The van der Waals surface area contributed by atoms with Crippen LogP contribution in [0.3, 0.4) is 0 Å². The lowest BCUT2D eigenvalue weighted by Gasteiger charge is -2.01. The number of aromatic carboxylic acids is 1. The van der Waals surface area contributed by atoms with E-state index >= 15 is 0 Å². The maximum atomic E-state index is 10.4. The lowest BCUT2D eigenvalue weighted by Crippen LogP contribution is -1.97. The first-order chi connectivity index (χ1) is 6.06. The van der Waals surface area contributed by atoms with Gasteiger partial charge in [-0.15, -0.1) is 0 Å². The van der Waals surface area contributed by atoms with Crippen molar-refractivity contribution in [3.8, 4) is 11.5 Å². The van der Waals surface area contributed by atoms with Crippen molar-refractivity contribution in [3.63, 3.8) is 0 Å². The van der Waals surface area contributed by atoms with Crippen LogP contribution in [0.25, 0.3) is 0 Å². The average molecular weight is 182 g/mol. The fourth-order valence-electron chi connectivity index (χ4n) is 0.859. The van der Waals surface area contributed by atoms with Crippen molar-refractivity contribution in [3.05, 3.63) is 23.3 Å². The molecule has 0 aliphatic heterocycles. The molecule has 0 heterocycles. The minimum Gasteiger partial charge on any atom is -0.507 e. The number of aromatic hydroxyl groups is 2. The molecule has 0 atom stereocenters. The van der Waals surface area contributed by atoms with Gasteiger partial charge in [-0.05, 0) is 12.1 Å². The van der Waals surface area contributed by atoms with E-state index in [0.717, 1.165) is 12.1 Å². The summed E-state index contributed by atoms with van der Waals surface area (Å²) in [5, 5.41) is 26.6. The number of carbonyl (C=O) groups is 2. The molecule has 0 aliphatic carbocycles. The molecule has 0 amide bonds. The lowest BCUT2D eigenvalue weighted by molar-refractivity contribution is 0.0692. The molecule has 5 heteroatoms. The Balaban J connectivity index is 3.36. The summed E-state index contributed by atoms with van der Waals surface area (Å²) in [7, 11) is 0. The molecule has 0 saturated carbocycles. The Morgan fingerprint density at radius 3 is 2.31 bits per heavy atom. The third-order valence-electron chi connectivity index (χ3n) is 1.50. The van der Waals surface area contributed by atoms with E-state index in [1.807, 2.05) is 0 Å². The first-order valence-electron chi connectivity index (χ1n) is 3.30. The predicted octanol–water partition coefficient (Wildman–Crippen LogP) is 0.609. The Hall–Kier alpha value is -2.04. The summed E-state index contributed by atoms with van der Waals surface area (Å²) in [6, 6.07) is 1.72. The summed E-state index contributed by atoms with van der Waals surface area (Å²) < 4.78 is 0. The van der Waals surface area contributed by atoms with E-state index in [4.69, 9.17) is 15.3 Å². The molecule has 0 unspecified atom stereocenters. The van der Waals surface area contributed by atoms with Crippen LogP contribution in [0.1, 0.15) is 20.7 Å². The van der Waals surface area contributed by atoms with E-state index < -0.39 is 23.0 Å². The number of phenolic OH excluding ortho intramolecular Hbond substituents is 1. The van der Waals surface area contributed by atoms with Gasteiger partial charge >= 0.3 is 5.97 Å². The highest BCUT2D eigenvalue weighted by atomic mass is 16.4. The van der Waals surface area contributed by atoms with E-state index in [9.17, 15) is 9.59 Å². The van der Waals surface area contributed by atoms with Crippen LogP contribution in [0.15, 0.2) is 12.1 Å². The molecule has 0 bridgehead atoms. The fourth-order valence-corrected chi connectivity index (χ4v) is 0.859. The van der Waals surface area contributed by atoms with Gasteiger partial charge in [0.2, 0.25) is 0 Å². The summed E-state index contributed by atoms with van der Waals surface area (Å²) >= 11 is 0. The van der Waals surface area contributed by atoms with Crippen molar-refractivity contribution in [2.45, 2.75) is 0 Å². The van der Waals surface area contributed by atoms with Crippen LogP contribution in [0.5, 0.6) is 11.5 Å². The normalized spacial score (nSPS) is 9.54. The second kappa shape index (κ2) is 3.14. The molecule has 0 fully saturated rings. The summed E-state index contributed by atoms with van der Waals surface area (Å²) in [5.74, 6) is -2.39. The monoisotopic (exact) mass is 182 g/mol. The Bertz CT molecular complexity index is 369. The first kappa shape index (κ1) is 9.05. The predicted molar refractivity (Wildman–Crippen MR) is 42.1 cm³/mol. The first-order valence-corrected chi connectivity index (χ1v) is 3.30. The topological polar surface area (TPSA) is 94.8 Å². The maximum absolute atomic E-state index is 10.4. The van der Waals surface area contributed by atoms with Crippen molar-refractivity contribution in [1.29, 1.82) is 0 Å². The zero-order valence-corrected chi connectivity index (χ0v) is 6.39. The second-order valence-corrected chi connectivity index (χ2v) is 2.35. The standard InChI is InChI=1S/C8H6O5/c9-3-4-1-7(11)5(8(12)13)2-6(4)10/h1-3,10-11H,(H,12,13). The molecule has 1 aromatic rings. The Morgan fingerprint density at radius 1 is 1.23 bits per heavy atom. The van der Waals surface area contributed by atoms with Crippen molar-refractivity contribution in [2.75, 3.05) is 0 Å². The molecule has 1 aromatic carbocycles. The zero-order valence-electron chi connectivity index (χ0n) is 6.39. The molecule has 0 spiro atoms. The van der Waals surface area contributed by atoms with Crippen molar-refractivity contribution in [2.24, 2.45) is 0 Å². The van der Waals surface area contributed by atoms with Crippen LogP contribution >= 0.6 is 0 Å². The maximum Gasteiger partial charge on any atom is 0.339 e. The highest BCUT2D eigenvalue weighted by Gasteiger charge is 2.13. The van der Waals surface area contributed by atoms with Crippen LogP contribution in [0.4, 0.5) is 0 Å². The van der Waals surface area contributed by atoms with Crippen LogP contribution in [-0.4, -0.2) is 27.6 Å². The minimum absolute atomic E-state index is 0.150. The van der Waals surface area contributed by atoms with Gasteiger partial charge in [0.05, 0.1) is 5.56 Å². The van der Waals surface area contributed by atoms with Gasteiger partial charge in [0.1, 0.15) is 17.1 Å². The van der Waals surface area contributed by atoms with Gasteiger partial charge in [-0.1, -0.05) is 0 Å². The number of carboxylic acid groups (broad SMARTS) is 1. The molecule has 68 valence electrons. The van der Waals surface area contributed by atoms with Crippen molar-refractivity contribution in [1.82, 2.24) is 0 Å². The highest BCUT2D eigenvalue weighted by molar-refractivity contribution is 5.93.